The second-order valence-electron chi connectivity index (χ2n) is 6.75. The average Bonchev–Trinajstić information content (AvgIpc) is 2.26. The fourth-order valence-electron chi connectivity index (χ4n) is 3.23. The lowest BCUT2D eigenvalue weighted by molar-refractivity contribution is 0.0284. The fourth-order valence-corrected chi connectivity index (χ4v) is 3.23. The van der Waals surface area contributed by atoms with Crippen LogP contribution in [-0.4, -0.2) is 54.6 Å². The van der Waals surface area contributed by atoms with Gasteiger partial charge in [0.15, 0.2) is 0 Å². The number of likely N-dealkylation sites (N-methyl/N-ethyl adjacent to an activating group) is 1. The summed E-state index contributed by atoms with van der Waals surface area (Å²) < 4.78 is 0. The van der Waals surface area contributed by atoms with E-state index in [4.69, 9.17) is 5.73 Å². The molecule has 0 aromatic rings. The molecule has 0 atom stereocenters. The summed E-state index contributed by atoms with van der Waals surface area (Å²) >= 11 is 0. The van der Waals surface area contributed by atoms with Gasteiger partial charge in [-0.15, -0.1) is 0 Å². The van der Waals surface area contributed by atoms with E-state index < -0.39 is 0 Å². The van der Waals surface area contributed by atoms with Crippen molar-refractivity contribution >= 4 is 0 Å². The third kappa shape index (κ3) is 3.43. The molecule has 2 aliphatic rings. The van der Waals surface area contributed by atoms with Crippen LogP contribution < -0.4 is 5.73 Å². The monoisotopic (exact) mass is 239 g/mol. The molecule has 1 saturated carbocycles. The first-order chi connectivity index (χ1) is 7.97. The lowest BCUT2D eigenvalue weighted by Crippen LogP contribution is -2.58. The first-order valence-corrected chi connectivity index (χ1v) is 7.16. The number of hydrogen-bond acceptors (Lipinski definition) is 3. The Bertz CT molecular complexity index is 244. The second-order valence-corrected chi connectivity index (χ2v) is 6.75. The van der Waals surface area contributed by atoms with Gasteiger partial charge in [-0.25, -0.2) is 0 Å². The second kappa shape index (κ2) is 5.25. The summed E-state index contributed by atoms with van der Waals surface area (Å²) in [5.74, 6) is 0.897. The molecular weight excluding hydrogens is 210 g/mol. The highest BCUT2D eigenvalue weighted by atomic mass is 15.3. The van der Waals surface area contributed by atoms with E-state index in [1.54, 1.807) is 0 Å². The van der Waals surface area contributed by atoms with Gasteiger partial charge in [0.05, 0.1) is 0 Å². The van der Waals surface area contributed by atoms with Crippen molar-refractivity contribution in [1.82, 2.24) is 9.80 Å². The molecule has 0 aromatic carbocycles. The Morgan fingerprint density at radius 2 is 1.76 bits per heavy atom. The topological polar surface area (TPSA) is 32.5 Å². The summed E-state index contributed by atoms with van der Waals surface area (Å²) in [5.41, 5.74) is 6.31. The summed E-state index contributed by atoms with van der Waals surface area (Å²) in [5, 5.41) is 0. The molecule has 17 heavy (non-hydrogen) atoms. The molecule has 3 heteroatoms. The molecule has 0 radical (unpaired) electrons. The maximum absolute atomic E-state index is 5.97. The van der Waals surface area contributed by atoms with Gasteiger partial charge in [-0.1, -0.05) is 0 Å². The maximum atomic E-state index is 5.97. The molecule has 1 heterocycles. The highest BCUT2D eigenvalue weighted by Crippen LogP contribution is 2.26. The Labute approximate surface area is 106 Å². The predicted molar refractivity (Wildman–Crippen MR) is 73.1 cm³/mol. The Balaban J connectivity index is 1.80. The number of nitrogens with two attached hydrogens (primary N) is 1. The summed E-state index contributed by atoms with van der Waals surface area (Å²) in [6, 6.07) is 0.482. The van der Waals surface area contributed by atoms with Crippen molar-refractivity contribution in [2.75, 3.05) is 33.2 Å². The molecule has 1 saturated heterocycles. The summed E-state index contributed by atoms with van der Waals surface area (Å²) in [7, 11) is 2.25. The minimum Gasteiger partial charge on any atom is -0.328 e. The van der Waals surface area contributed by atoms with Crippen LogP contribution in [-0.2, 0) is 0 Å². The molecule has 0 aromatic heterocycles. The van der Waals surface area contributed by atoms with Crippen LogP contribution in [0.4, 0.5) is 0 Å². The van der Waals surface area contributed by atoms with Crippen molar-refractivity contribution in [3.8, 4) is 0 Å². The Morgan fingerprint density at radius 1 is 1.12 bits per heavy atom. The zero-order valence-electron chi connectivity index (χ0n) is 11.8. The van der Waals surface area contributed by atoms with Gasteiger partial charge in [0.2, 0.25) is 0 Å². The SMILES string of the molecule is CN1CCN(CC2CCC(N)CC2)CC1(C)C. The molecule has 2 rings (SSSR count). The molecule has 0 spiro atoms. The van der Waals surface area contributed by atoms with E-state index in [9.17, 15) is 0 Å². The minimum absolute atomic E-state index is 0.337. The van der Waals surface area contributed by atoms with E-state index in [-0.39, 0.29) is 0 Å². The van der Waals surface area contributed by atoms with Gasteiger partial charge in [0.25, 0.3) is 0 Å². The van der Waals surface area contributed by atoms with Gasteiger partial charge >= 0.3 is 0 Å². The molecule has 1 aliphatic carbocycles. The van der Waals surface area contributed by atoms with E-state index in [0.717, 1.165) is 5.92 Å². The van der Waals surface area contributed by atoms with Crippen LogP contribution in [0.2, 0.25) is 0 Å². The summed E-state index contributed by atoms with van der Waals surface area (Å²) in [6.45, 7) is 9.67. The molecule has 0 unspecified atom stereocenters. The van der Waals surface area contributed by atoms with E-state index >= 15 is 0 Å². The van der Waals surface area contributed by atoms with Crippen LogP contribution in [0.15, 0.2) is 0 Å². The van der Waals surface area contributed by atoms with Gasteiger partial charge in [0.1, 0.15) is 0 Å². The van der Waals surface area contributed by atoms with E-state index in [2.05, 4.69) is 30.7 Å². The number of piperazine rings is 1. The van der Waals surface area contributed by atoms with Crippen LogP contribution in [0.3, 0.4) is 0 Å². The quantitative estimate of drug-likeness (QED) is 0.793. The molecule has 1 aliphatic heterocycles. The van der Waals surface area contributed by atoms with E-state index in [0.29, 0.717) is 11.6 Å². The lowest BCUT2D eigenvalue weighted by atomic mass is 9.85. The van der Waals surface area contributed by atoms with Crippen LogP contribution in [0, 0.1) is 5.92 Å². The fraction of sp³-hybridized carbons (Fsp3) is 1.00. The standard InChI is InChI=1S/C14H29N3/c1-14(2)11-17(9-8-16(14)3)10-12-4-6-13(15)7-5-12/h12-13H,4-11,15H2,1-3H3. The van der Waals surface area contributed by atoms with Crippen molar-refractivity contribution in [2.24, 2.45) is 11.7 Å². The number of hydrogen-bond donors (Lipinski definition) is 1. The average molecular weight is 239 g/mol. The van der Waals surface area contributed by atoms with Gasteiger partial charge in [-0.3, -0.25) is 9.80 Å². The number of nitrogens with zero attached hydrogens (tertiary/aromatic N) is 2. The van der Waals surface area contributed by atoms with Crippen molar-refractivity contribution in [1.29, 1.82) is 0 Å². The van der Waals surface area contributed by atoms with Crippen molar-refractivity contribution in [3.05, 3.63) is 0 Å². The number of rotatable bonds is 2. The van der Waals surface area contributed by atoms with E-state index in [1.165, 1.54) is 51.9 Å². The molecule has 3 nitrogen and oxygen atoms in total. The Hall–Kier alpha value is -0.120. The van der Waals surface area contributed by atoms with Crippen molar-refractivity contribution in [2.45, 2.75) is 51.1 Å². The molecule has 2 fully saturated rings. The maximum Gasteiger partial charge on any atom is 0.0277 e. The third-order valence-corrected chi connectivity index (χ3v) is 4.80. The highest BCUT2D eigenvalue weighted by molar-refractivity contribution is 4.89. The largest absolute Gasteiger partial charge is 0.328 e. The molecule has 0 bridgehead atoms. The van der Waals surface area contributed by atoms with Gasteiger partial charge in [0, 0.05) is 37.8 Å². The first-order valence-electron chi connectivity index (χ1n) is 7.16. The van der Waals surface area contributed by atoms with Crippen LogP contribution in [0.1, 0.15) is 39.5 Å². The lowest BCUT2D eigenvalue weighted by Gasteiger charge is -2.46. The zero-order valence-corrected chi connectivity index (χ0v) is 11.8. The summed E-state index contributed by atoms with van der Waals surface area (Å²) in [4.78, 5) is 5.15. The smallest absolute Gasteiger partial charge is 0.0277 e. The summed E-state index contributed by atoms with van der Waals surface area (Å²) in [6.07, 6.45) is 5.16. The van der Waals surface area contributed by atoms with Gasteiger partial charge in [-0.2, -0.15) is 0 Å². The Morgan fingerprint density at radius 3 is 2.35 bits per heavy atom. The third-order valence-electron chi connectivity index (χ3n) is 4.80. The molecule has 100 valence electrons. The minimum atomic E-state index is 0.337. The molecule has 2 N–H and O–H groups in total. The first kappa shape index (κ1) is 13.3. The highest BCUT2D eigenvalue weighted by Gasteiger charge is 2.32. The van der Waals surface area contributed by atoms with Crippen molar-refractivity contribution in [3.63, 3.8) is 0 Å². The van der Waals surface area contributed by atoms with Crippen LogP contribution in [0.5, 0.6) is 0 Å². The predicted octanol–water partition coefficient (Wildman–Crippen LogP) is 1.53. The van der Waals surface area contributed by atoms with Gasteiger partial charge in [-0.05, 0) is 52.5 Å². The zero-order chi connectivity index (χ0) is 12.5. The van der Waals surface area contributed by atoms with Crippen LogP contribution in [0.25, 0.3) is 0 Å². The van der Waals surface area contributed by atoms with Gasteiger partial charge < -0.3 is 5.73 Å². The Kier molecular flexibility index (Phi) is 4.11. The molecule has 0 amide bonds. The molecular formula is C14H29N3. The normalized spacial score (nSPS) is 36.0. The van der Waals surface area contributed by atoms with E-state index in [1.807, 2.05) is 0 Å². The van der Waals surface area contributed by atoms with Crippen LogP contribution >= 0.6 is 0 Å². The van der Waals surface area contributed by atoms with Crippen molar-refractivity contribution < 1.29 is 0 Å².